The SMILES string of the molecule is COc1cc([C@H]2CC(=O)Nc3c2c(=O)nc(SC)n3C)ccc1O. The van der Waals surface area contributed by atoms with Gasteiger partial charge in [0.2, 0.25) is 5.91 Å². The Bertz CT molecular complexity index is 878. The fraction of sp³-hybridized carbons (Fsp3) is 0.312. The Labute approximate surface area is 142 Å². The van der Waals surface area contributed by atoms with Crippen LogP contribution in [0.4, 0.5) is 5.82 Å². The molecule has 126 valence electrons. The Balaban J connectivity index is 2.21. The second-order valence-corrected chi connectivity index (χ2v) is 6.23. The number of nitrogens with zero attached hydrogens (tertiary/aromatic N) is 2. The number of aromatic nitrogens is 2. The van der Waals surface area contributed by atoms with Crippen molar-refractivity contribution < 1.29 is 14.6 Å². The molecule has 1 aliphatic heterocycles. The normalized spacial score (nSPS) is 16.5. The third-order valence-corrected chi connectivity index (χ3v) is 4.82. The van der Waals surface area contributed by atoms with Gasteiger partial charge in [0.1, 0.15) is 5.82 Å². The van der Waals surface area contributed by atoms with Gasteiger partial charge in [0.05, 0.1) is 12.7 Å². The Morgan fingerprint density at radius 3 is 2.83 bits per heavy atom. The first-order valence-corrected chi connectivity index (χ1v) is 8.50. The smallest absolute Gasteiger partial charge is 0.279 e. The molecule has 0 bridgehead atoms. The van der Waals surface area contributed by atoms with Crippen molar-refractivity contribution in [2.45, 2.75) is 17.5 Å². The van der Waals surface area contributed by atoms with Crippen LogP contribution in [0, 0.1) is 0 Å². The zero-order chi connectivity index (χ0) is 17.4. The minimum Gasteiger partial charge on any atom is -0.504 e. The highest BCUT2D eigenvalue weighted by atomic mass is 32.2. The van der Waals surface area contributed by atoms with E-state index in [4.69, 9.17) is 4.74 Å². The lowest BCUT2D eigenvalue weighted by Gasteiger charge is -2.27. The second kappa shape index (κ2) is 6.20. The number of hydrogen-bond donors (Lipinski definition) is 2. The highest BCUT2D eigenvalue weighted by Crippen LogP contribution is 2.38. The minimum atomic E-state index is -0.439. The maximum atomic E-state index is 12.5. The summed E-state index contributed by atoms with van der Waals surface area (Å²) in [6.07, 6.45) is 1.96. The molecule has 0 radical (unpaired) electrons. The topological polar surface area (TPSA) is 93.5 Å². The van der Waals surface area contributed by atoms with Gasteiger partial charge in [0, 0.05) is 19.4 Å². The molecule has 24 heavy (non-hydrogen) atoms. The number of aromatic hydroxyl groups is 1. The number of benzene rings is 1. The molecule has 2 heterocycles. The summed E-state index contributed by atoms with van der Waals surface area (Å²) in [4.78, 5) is 28.8. The number of anilines is 1. The summed E-state index contributed by atoms with van der Waals surface area (Å²) in [6.45, 7) is 0. The fourth-order valence-electron chi connectivity index (χ4n) is 2.91. The highest BCUT2D eigenvalue weighted by molar-refractivity contribution is 7.98. The van der Waals surface area contributed by atoms with Crippen molar-refractivity contribution in [1.82, 2.24) is 9.55 Å². The summed E-state index contributed by atoms with van der Waals surface area (Å²) >= 11 is 1.34. The number of thioether (sulfide) groups is 1. The molecular formula is C16H17N3O4S. The maximum absolute atomic E-state index is 12.5. The second-order valence-electron chi connectivity index (χ2n) is 5.46. The van der Waals surface area contributed by atoms with Gasteiger partial charge in [-0.1, -0.05) is 17.8 Å². The zero-order valence-electron chi connectivity index (χ0n) is 13.5. The number of carbonyl (C=O) groups is 1. The van der Waals surface area contributed by atoms with Gasteiger partial charge < -0.3 is 19.7 Å². The summed E-state index contributed by atoms with van der Waals surface area (Å²) in [5.74, 6) is 0.154. The molecule has 1 atom stereocenters. The van der Waals surface area contributed by atoms with Crippen molar-refractivity contribution in [3.05, 3.63) is 39.7 Å². The van der Waals surface area contributed by atoms with E-state index in [0.717, 1.165) is 5.56 Å². The lowest BCUT2D eigenvalue weighted by Crippen LogP contribution is -2.33. The molecule has 1 aromatic carbocycles. The summed E-state index contributed by atoms with van der Waals surface area (Å²) in [7, 11) is 3.21. The Morgan fingerprint density at radius 2 is 2.17 bits per heavy atom. The van der Waals surface area contributed by atoms with E-state index >= 15 is 0 Å². The van der Waals surface area contributed by atoms with Gasteiger partial charge in [-0.05, 0) is 24.0 Å². The first-order valence-electron chi connectivity index (χ1n) is 7.28. The number of phenolic OH excluding ortho intramolecular Hbond substituents is 1. The summed E-state index contributed by atoms with van der Waals surface area (Å²) in [6, 6.07) is 4.83. The average molecular weight is 347 g/mol. The van der Waals surface area contributed by atoms with E-state index in [1.807, 2.05) is 6.26 Å². The molecule has 8 heteroatoms. The Morgan fingerprint density at radius 1 is 1.42 bits per heavy atom. The van der Waals surface area contributed by atoms with Crippen LogP contribution in [0.3, 0.4) is 0 Å². The van der Waals surface area contributed by atoms with Gasteiger partial charge >= 0.3 is 0 Å². The van der Waals surface area contributed by atoms with Gasteiger partial charge in [0.15, 0.2) is 16.7 Å². The van der Waals surface area contributed by atoms with E-state index in [-0.39, 0.29) is 23.6 Å². The van der Waals surface area contributed by atoms with Crippen molar-refractivity contribution in [1.29, 1.82) is 0 Å². The number of methoxy groups -OCH3 is 1. The van der Waals surface area contributed by atoms with Gasteiger partial charge in [-0.15, -0.1) is 0 Å². The molecule has 1 aromatic heterocycles. The number of phenols is 1. The molecule has 0 saturated carbocycles. The van der Waals surface area contributed by atoms with Crippen LogP contribution in [-0.4, -0.2) is 33.9 Å². The molecule has 2 N–H and O–H groups in total. The summed E-state index contributed by atoms with van der Waals surface area (Å²) < 4.78 is 6.84. The molecule has 1 aliphatic rings. The van der Waals surface area contributed by atoms with Gasteiger partial charge in [-0.25, -0.2) is 0 Å². The molecule has 0 unspecified atom stereocenters. The van der Waals surface area contributed by atoms with Gasteiger partial charge in [0.25, 0.3) is 5.56 Å². The van der Waals surface area contributed by atoms with E-state index in [2.05, 4.69) is 10.3 Å². The fourth-order valence-corrected chi connectivity index (χ4v) is 3.45. The third-order valence-electron chi connectivity index (χ3n) is 4.09. The Hall–Kier alpha value is -2.48. The predicted molar refractivity (Wildman–Crippen MR) is 91.0 cm³/mol. The molecule has 0 spiro atoms. The number of fused-ring (bicyclic) bond motifs is 1. The molecule has 1 amide bonds. The van der Waals surface area contributed by atoms with E-state index in [0.29, 0.717) is 22.3 Å². The molecule has 0 aliphatic carbocycles. The van der Waals surface area contributed by atoms with Crippen molar-refractivity contribution >= 4 is 23.5 Å². The van der Waals surface area contributed by atoms with Crippen molar-refractivity contribution in [2.75, 3.05) is 18.7 Å². The van der Waals surface area contributed by atoms with Gasteiger partial charge in [-0.2, -0.15) is 4.98 Å². The molecule has 0 saturated heterocycles. The standard InChI is InChI=1S/C16H17N3O4S/c1-19-14-13(15(22)18-16(19)24-3)9(7-12(21)17-14)8-4-5-10(20)11(6-8)23-2/h4-6,9,20H,7H2,1-3H3,(H,17,21)/t9-/m1/s1. The summed E-state index contributed by atoms with van der Waals surface area (Å²) in [5.41, 5.74) is 0.809. The summed E-state index contributed by atoms with van der Waals surface area (Å²) in [5, 5.41) is 13.1. The van der Waals surface area contributed by atoms with E-state index in [1.165, 1.54) is 24.9 Å². The number of hydrogen-bond acceptors (Lipinski definition) is 6. The first-order chi connectivity index (χ1) is 11.5. The largest absolute Gasteiger partial charge is 0.504 e. The van der Waals surface area contributed by atoms with Crippen LogP contribution in [0.25, 0.3) is 0 Å². The first kappa shape index (κ1) is 16.4. The third kappa shape index (κ3) is 2.62. The zero-order valence-corrected chi connectivity index (χ0v) is 14.3. The van der Waals surface area contributed by atoms with E-state index < -0.39 is 5.92 Å². The lowest BCUT2D eigenvalue weighted by atomic mass is 9.86. The predicted octanol–water partition coefficient (Wildman–Crippen LogP) is 1.69. The Kier molecular flexibility index (Phi) is 4.23. The van der Waals surface area contributed by atoms with Crippen LogP contribution < -0.4 is 15.6 Å². The van der Waals surface area contributed by atoms with Crippen molar-refractivity contribution in [3.8, 4) is 11.5 Å². The van der Waals surface area contributed by atoms with Crippen LogP contribution >= 0.6 is 11.8 Å². The van der Waals surface area contributed by atoms with Crippen LogP contribution in [0.15, 0.2) is 28.2 Å². The van der Waals surface area contributed by atoms with Crippen molar-refractivity contribution in [2.24, 2.45) is 7.05 Å². The molecule has 2 aromatic rings. The van der Waals surface area contributed by atoms with Crippen LogP contribution in [0.5, 0.6) is 11.5 Å². The molecule has 7 nitrogen and oxygen atoms in total. The van der Waals surface area contributed by atoms with Crippen LogP contribution in [0.1, 0.15) is 23.5 Å². The van der Waals surface area contributed by atoms with Gasteiger partial charge in [-0.3, -0.25) is 9.59 Å². The quantitative estimate of drug-likeness (QED) is 0.648. The number of amides is 1. The molecular weight excluding hydrogens is 330 g/mol. The van der Waals surface area contributed by atoms with E-state index in [1.54, 1.807) is 23.7 Å². The average Bonchev–Trinajstić information content (AvgIpc) is 2.57. The minimum absolute atomic E-state index is 0.00509. The number of rotatable bonds is 3. The van der Waals surface area contributed by atoms with E-state index in [9.17, 15) is 14.7 Å². The highest BCUT2D eigenvalue weighted by Gasteiger charge is 2.32. The number of carbonyl (C=O) groups excluding carboxylic acids is 1. The monoisotopic (exact) mass is 347 g/mol. The molecule has 0 fully saturated rings. The lowest BCUT2D eigenvalue weighted by molar-refractivity contribution is -0.116. The number of nitrogens with one attached hydrogen (secondary N) is 1. The van der Waals surface area contributed by atoms with Crippen LogP contribution in [0.2, 0.25) is 0 Å². The maximum Gasteiger partial charge on any atom is 0.279 e. The number of ether oxygens (including phenoxy) is 1. The van der Waals surface area contributed by atoms with Crippen LogP contribution in [-0.2, 0) is 11.8 Å². The van der Waals surface area contributed by atoms with Crippen molar-refractivity contribution in [3.63, 3.8) is 0 Å². The molecule has 3 rings (SSSR count).